The van der Waals surface area contributed by atoms with Crippen LogP contribution in [0.1, 0.15) is 47.9 Å². The Morgan fingerprint density at radius 2 is 1.63 bits per heavy atom. The molecule has 222 valence electrons. The quantitative estimate of drug-likeness (QED) is 0.226. The highest BCUT2D eigenvalue weighted by Gasteiger charge is 2.26. The van der Waals surface area contributed by atoms with Crippen molar-refractivity contribution in [3.05, 3.63) is 76.9 Å². The second kappa shape index (κ2) is 15.0. The molecule has 7 nitrogen and oxygen atoms in total. The van der Waals surface area contributed by atoms with Crippen molar-refractivity contribution in [1.82, 2.24) is 4.90 Å². The minimum absolute atomic E-state index is 0.341. The fourth-order valence-corrected chi connectivity index (χ4v) is 5.68. The molecule has 3 aromatic rings. The molecule has 0 unspecified atom stereocenters. The molecular formula is C34H46N2O5. The molecule has 41 heavy (non-hydrogen) atoms. The fraction of sp³-hybridized carbons (Fsp3) is 0.471. The number of rotatable bonds is 15. The average molecular weight is 563 g/mol. The van der Waals surface area contributed by atoms with E-state index in [2.05, 4.69) is 66.2 Å². The van der Waals surface area contributed by atoms with Crippen molar-refractivity contribution < 1.29 is 24.1 Å². The van der Waals surface area contributed by atoms with Gasteiger partial charge in [-0.15, -0.1) is 0 Å². The van der Waals surface area contributed by atoms with Gasteiger partial charge in [0.15, 0.2) is 11.5 Å². The standard InChI is InChI=1S/C34H46N2O5/c1-6-36(24-25-8-14-30(15-9-25)41-19-17-35(2)16-7-18-38-3)32-23-34(40-5)33(39-4)22-31(32)28-11-10-27-21-29(37)13-12-26(27)20-28/h8-9,12-15,21-23,28,37H,6-7,10-11,16-20,24H2,1-5H3/t28-/m1/s1. The first-order chi connectivity index (χ1) is 19.9. The number of anilines is 1. The lowest BCUT2D eigenvalue weighted by Gasteiger charge is -2.32. The SMILES string of the molecule is CCN(Cc1ccc(OCCN(C)CCCOC)cc1)c1cc(OC)c(OC)cc1[C@@H]1CCc2cc(O)ccc2C1. The van der Waals surface area contributed by atoms with Crippen molar-refractivity contribution in [2.75, 3.05) is 66.1 Å². The van der Waals surface area contributed by atoms with E-state index in [1.807, 2.05) is 6.07 Å². The van der Waals surface area contributed by atoms with Crippen LogP contribution in [0.4, 0.5) is 5.69 Å². The number of benzene rings is 3. The van der Waals surface area contributed by atoms with Crippen LogP contribution >= 0.6 is 0 Å². The summed E-state index contributed by atoms with van der Waals surface area (Å²) in [5.74, 6) is 3.07. The highest BCUT2D eigenvalue weighted by atomic mass is 16.5. The summed E-state index contributed by atoms with van der Waals surface area (Å²) in [4.78, 5) is 4.68. The van der Waals surface area contributed by atoms with Gasteiger partial charge in [0.05, 0.1) is 14.2 Å². The van der Waals surface area contributed by atoms with Crippen LogP contribution in [0.2, 0.25) is 0 Å². The smallest absolute Gasteiger partial charge is 0.162 e. The van der Waals surface area contributed by atoms with Crippen LogP contribution in [0.15, 0.2) is 54.6 Å². The first-order valence-corrected chi connectivity index (χ1v) is 14.7. The van der Waals surface area contributed by atoms with Crippen LogP contribution in [-0.4, -0.2) is 71.2 Å². The minimum Gasteiger partial charge on any atom is -0.508 e. The third kappa shape index (κ3) is 8.08. The Labute approximate surface area is 245 Å². The van der Waals surface area contributed by atoms with E-state index >= 15 is 0 Å². The zero-order chi connectivity index (χ0) is 29.2. The van der Waals surface area contributed by atoms with E-state index in [1.54, 1.807) is 27.4 Å². The van der Waals surface area contributed by atoms with E-state index in [9.17, 15) is 5.11 Å². The van der Waals surface area contributed by atoms with Gasteiger partial charge in [-0.25, -0.2) is 0 Å². The van der Waals surface area contributed by atoms with E-state index < -0.39 is 0 Å². The number of fused-ring (bicyclic) bond motifs is 1. The van der Waals surface area contributed by atoms with Gasteiger partial charge in [0.1, 0.15) is 18.1 Å². The van der Waals surface area contributed by atoms with Gasteiger partial charge in [-0.05, 0) is 98.2 Å². The molecule has 0 heterocycles. The number of hydrogen-bond acceptors (Lipinski definition) is 7. The Morgan fingerprint density at radius 1 is 0.878 bits per heavy atom. The molecule has 0 aliphatic heterocycles. The molecule has 0 saturated carbocycles. The molecule has 1 aliphatic carbocycles. The lowest BCUT2D eigenvalue weighted by Crippen LogP contribution is -2.26. The zero-order valence-electron chi connectivity index (χ0n) is 25.3. The third-order valence-corrected chi connectivity index (χ3v) is 8.04. The summed E-state index contributed by atoms with van der Waals surface area (Å²) in [5, 5.41) is 9.95. The number of likely N-dealkylation sites (N-methyl/N-ethyl adjacent to an activating group) is 1. The first-order valence-electron chi connectivity index (χ1n) is 14.7. The Bertz CT molecular complexity index is 1250. The zero-order valence-corrected chi connectivity index (χ0v) is 25.3. The number of methoxy groups -OCH3 is 3. The number of nitrogens with zero attached hydrogens (tertiary/aromatic N) is 2. The predicted molar refractivity (Wildman–Crippen MR) is 165 cm³/mol. The lowest BCUT2D eigenvalue weighted by atomic mass is 9.79. The summed E-state index contributed by atoms with van der Waals surface area (Å²) in [7, 11) is 7.24. The van der Waals surface area contributed by atoms with Crippen LogP contribution in [-0.2, 0) is 24.1 Å². The van der Waals surface area contributed by atoms with E-state index in [0.29, 0.717) is 18.3 Å². The molecule has 0 fully saturated rings. The monoisotopic (exact) mass is 562 g/mol. The normalized spacial score (nSPS) is 14.5. The highest BCUT2D eigenvalue weighted by molar-refractivity contribution is 5.64. The van der Waals surface area contributed by atoms with Gasteiger partial charge in [0.25, 0.3) is 0 Å². The van der Waals surface area contributed by atoms with E-state index in [1.165, 1.54) is 27.9 Å². The van der Waals surface area contributed by atoms with Crippen LogP contribution in [0.3, 0.4) is 0 Å². The predicted octanol–water partition coefficient (Wildman–Crippen LogP) is 6.06. The first kappa shape index (κ1) is 30.5. The van der Waals surface area contributed by atoms with Crippen molar-refractivity contribution >= 4 is 5.69 Å². The van der Waals surface area contributed by atoms with Crippen LogP contribution < -0.4 is 19.1 Å². The molecule has 0 spiro atoms. The molecule has 3 aromatic carbocycles. The summed E-state index contributed by atoms with van der Waals surface area (Å²) in [6.45, 7) is 7.14. The van der Waals surface area contributed by atoms with Gasteiger partial charge in [0.2, 0.25) is 0 Å². The van der Waals surface area contributed by atoms with Crippen molar-refractivity contribution in [2.24, 2.45) is 0 Å². The number of phenolic OH excluding ortho intramolecular Hbond substituents is 1. The minimum atomic E-state index is 0.341. The largest absolute Gasteiger partial charge is 0.508 e. The molecule has 4 rings (SSSR count). The summed E-state index contributed by atoms with van der Waals surface area (Å²) in [6, 6.07) is 18.5. The van der Waals surface area contributed by atoms with Crippen molar-refractivity contribution in [1.29, 1.82) is 0 Å². The molecular weight excluding hydrogens is 516 g/mol. The molecule has 7 heteroatoms. The molecule has 1 N–H and O–H groups in total. The summed E-state index contributed by atoms with van der Waals surface area (Å²) in [6.07, 6.45) is 3.92. The third-order valence-electron chi connectivity index (χ3n) is 8.04. The Balaban J connectivity index is 1.48. The number of phenols is 1. The van der Waals surface area contributed by atoms with Crippen molar-refractivity contribution in [3.8, 4) is 23.0 Å². The van der Waals surface area contributed by atoms with Crippen molar-refractivity contribution in [2.45, 2.75) is 45.1 Å². The molecule has 0 aromatic heterocycles. The number of aryl methyl sites for hydroxylation is 1. The maximum atomic E-state index is 9.95. The van der Waals surface area contributed by atoms with Crippen LogP contribution in [0, 0.1) is 0 Å². The van der Waals surface area contributed by atoms with Gasteiger partial charge < -0.3 is 33.9 Å². The van der Waals surface area contributed by atoms with Gasteiger partial charge >= 0.3 is 0 Å². The van der Waals surface area contributed by atoms with Crippen LogP contribution in [0.5, 0.6) is 23.0 Å². The summed E-state index contributed by atoms with van der Waals surface area (Å²) < 4.78 is 22.6. The Morgan fingerprint density at radius 3 is 2.34 bits per heavy atom. The topological polar surface area (TPSA) is 63.6 Å². The average Bonchev–Trinajstić information content (AvgIpc) is 2.99. The second-order valence-corrected chi connectivity index (χ2v) is 10.8. The van der Waals surface area contributed by atoms with E-state index in [0.717, 1.165) is 75.7 Å². The van der Waals surface area contributed by atoms with Gasteiger partial charge in [-0.1, -0.05) is 18.2 Å². The Hall–Kier alpha value is -3.42. The summed E-state index contributed by atoms with van der Waals surface area (Å²) >= 11 is 0. The lowest BCUT2D eigenvalue weighted by molar-refractivity contribution is 0.172. The molecule has 0 saturated heterocycles. The Kier molecular flexibility index (Phi) is 11.2. The maximum Gasteiger partial charge on any atom is 0.162 e. The molecule has 0 amide bonds. The highest BCUT2D eigenvalue weighted by Crippen LogP contribution is 2.43. The summed E-state index contributed by atoms with van der Waals surface area (Å²) in [5.41, 5.74) is 6.23. The van der Waals surface area contributed by atoms with Crippen molar-refractivity contribution in [3.63, 3.8) is 0 Å². The number of hydrogen-bond donors (Lipinski definition) is 1. The van der Waals surface area contributed by atoms with E-state index in [-0.39, 0.29) is 0 Å². The maximum absolute atomic E-state index is 9.95. The van der Waals surface area contributed by atoms with E-state index in [4.69, 9.17) is 18.9 Å². The number of ether oxygens (including phenoxy) is 4. The fourth-order valence-electron chi connectivity index (χ4n) is 5.68. The van der Waals surface area contributed by atoms with Gasteiger partial charge in [0, 0.05) is 51.6 Å². The molecule has 1 atom stereocenters. The van der Waals surface area contributed by atoms with Gasteiger partial charge in [-0.2, -0.15) is 0 Å². The second-order valence-electron chi connectivity index (χ2n) is 10.8. The molecule has 0 radical (unpaired) electrons. The van der Waals surface area contributed by atoms with Crippen LogP contribution in [0.25, 0.3) is 0 Å². The number of aromatic hydroxyl groups is 1. The molecule has 0 bridgehead atoms. The molecule has 1 aliphatic rings. The van der Waals surface area contributed by atoms with Gasteiger partial charge in [-0.3, -0.25) is 0 Å².